The highest BCUT2D eigenvalue weighted by Gasteiger charge is 2.31. The summed E-state index contributed by atoms with van der Waals surface area (Å²) in [6, 6.07) is 4.24. The molecular formula is C21H28N4O3. The first-order valence-corrected chi connectivity index (χ1v) is 10.2. The molecule has 150 valence electrons. The van der Waals surface area contributed by atoms with Crippen LogP contribution in [0.1, 0.15) is 43.1 Å². The van der Waals surface area contributed by atoms with Crippen molar-refractivity contribution in [2.75, 3.05) is 19.7 Å². The Hall–Kier alpha value is -2.57. The molecule has 28 heavy (non-hydrogen) atoms. The summed E-state index contributed by atoms with van der Waals surface area (Å²) < 4.78 is 7.19. The van der Waals surface area contributed by atoms with Gasteiger partial charge in [0.25, 0.3) is 0 Å². The second kappa shape index (κ2) is 7.81. The molecule has 0 spiro atoms. The Morgan fingerprint density at radius 2 is 2.04 bits per heavy atom. The van der Waals surface area contributed by atoms with Crippen LogP contribution in [0, 0.1) is 12.8 Å². The van der Waals surface area contributed by atoms with E-state index in [0.29, 0.717) is 19.7 Å². The maximum atomic E-state index is 12.9. The molecule has 0 radical (unpaired) electrons. The number of carbonyl (C=O) groups excluding carboxylic acids is 2. The molecule has 2 aliphatic rings. The predicted molar refractivity (Wildman–Crippen MR) is 105 cm³/mol. The quantitative estimate of drug-likeness (QED) is 0.882. The normalized spacial score (nSPS) is 20.1. The van der Waals surface area contributed by atoms with Crippen LogP contribution in [-0.4, -0.2) is 52.0 Å². The fourth-order valence-corrected chi connectivity index (χ4v) is 4.28. The Labute approximate surface area is 165 Å². The number of carbonyl (C=O) groups is 2. The molecule has 1 atom stereocenters. The van der Waals surface area contributed by atoms with E-state index in [0.717, 1.165) is 43.4 Å². The van der Waals surface area contributed by atoms with E-state index in [1.54, 1.807) is 4.90 Å². The Balaban J connectivity index is 1.36. The van der Waals surface area contributed by atoms with Gasteiger partial charge in [0.2, 0.25) is 5.91 Å². The fraction of sp³-hybridized carbons (Fsp3) is 0.571. The van der Waals surface area contributed by atoms with Gasteiger partial charge in [-0.25, -0.2) is 9.78 Å². The van der Waals surface area contributed by atoms with E-state index >= 15 is 0 Å². The summed E-state index contributed by atoms with van der Waals surface area (Å²) in [5, 5.41) is 3.22. The highest BCUT2D eigenvalue weighted by atomic mass is 16.6. The van der Waals surface area contributed by atoms with Gasteiger partial charge in [-0.15, -0.1) is 0 Å². The minimum absolute atomic E-state index is 0.0176. The number of piperidine rings is 1. The molecule has 0 saturated carbocycles. The van der Waals surface area contributed by atoms with Gasteiger partial charge >= 0.3 is 6.09 Å². The van der Waals surface area contributed by atoms with Gasteiger partial charge in [0.1, 0.15) is 5.65 Å². The number of likely N-dealkylation sites (tertiary alicyclic amines) is 1. The van der Waals surface area contributed by atoms with Crippen LogP contribution in [-0.2, 0) is 22.4 Å². The minimum Gasteiger partial charge on any atom is -0.450 e. The molecule has 1 saturated heterocycles. The predicted octanol–water partition coefficient (Wildman–Crippen LogP) is 2.48. The standard InChI is InChI=1S/C21H28N4O3/c1-3-28-21(27)24-10-8-16(9-11-24)22-20(26)15-5-6-17-18(12-15)25-13-14(2)4-7-19(25)23-17/h4,7,13,15-16H,3,5-6,8-12H2,1-2H3,(H,22,26). The molecular weight excluding hydrogens is 356 g/mol. The van der Waals surface area contributed by atoms with Crippen molar-refractivity contribution < 1.29 is 14.3 Å². The van der Waals surface area contributed by atoms with Gasteiger partial charge in [-0.05, 0) is 51.2 Å². The molecule has 1 aliphatic heterocycles. The van der Waals surface area contributed by atoms with Crippen molar-refractivity contribution in [1.29, 1.82) is 0 Å². The molecule has 2 aromatic rings. The number of aryl methyl sites for hydroxylation is 2. The average molecular weight is 384 g/mol. The van der Waals surface area contributed by atoms with Crippen molar-refractivity contribution in [3.8, 4) is 0 Å². The van der Waals surface area contributed by atoms with Gasteiger partial charge in [0.05, 0.1) is 12.3 Å². The molecule has 2 aromatic heterocycles. The van der Waals surface area contributed by atoms with Gasteiger partial charge in [-0.2, -0.15) is 0 Å². The molecule has 7 heteroatoms. The Kier molecular flexibility index (Phi) is 5.24. The first-order chi connectivity index (χ1) is 13.5. The molecule has 1 unspecified atom stereocenters. The Morgan fingerprint density at radius 3 is 2.79 bits per heavy atom. The van der Waals surface area contributed by atoms with Crippen molar-refractivity contribution in [2.24, 2.45) is 5.92 Å². The van der Waals surface area contributed by atoms with Crippen molar-refractivity contribution in [1.82, 2.24) is 19.6 Å². The molecule has 0 aromatic carbocycles. The molecule has 2 amide bonds. The number of amides is 2. The number of nitrogens with one attached hydrogen (secondary N) is 1. The molecule has 1 aliphatic carbocycles. The van der Waals surface area contributed by atoms with E-state index in [9.17, 15) is 9.59 Å². The van der Waals surface area contributed by atoms with Crippen molar-refractivity contribution in [3.63, 3.8) is 0 Å². The summed E-state index contributed by atoms with van der Waals surface area (Å²) >= 11 is 0. The third-order valence-corrected chi connectivity index (χ3v) is 5.86. The van der Waals surface area contributed by atoms with E-state index in [1.165, 1.54) is 11.3 Å². The lowest BCUT2D eigenvalue weighted by molar-refractivity contribution is -0.126. The number of nitrogens with zero attached hydrogens (tertiary/aromatic N) is 3. The molecule has 0 bridgehead atoms. The summed E-state index contributed by atoms with van der Waals surface area (Å²) in [6.45, 7) is 5.53. The Bertz CT molecular complexity index is 883. The van der Waals surface area contributed by atoms with E-state index in [2.05, 4.69) is 28.9 Å². The lowest BCUT2D eigenvalue weighted by Gasteiger charge is -2.32. The van der Waals surface area contributed by atoms with Gasteiger partial charge in [0.15, 0.2) is 0 Å². The average Bonchev–Trinajstić information content (AvgIpc) is 3.05. The lowest BCUT2D eigenvalue weighted by Crippen LogP contribution is -2.48. The Morgan fingerprint density at radius 1 is 1.25 bits per heavy atom. The van der Waals surface area contributed by atoms with Gasteiger partial charge in [-0.3, -0.25) is 4.79 Å². The number of hydrogen-bond acceptors (Lipinski definition) is 4. The SMILES string of the molecule is CCOC(=O)N1CCC(NC(=O)C2CCc3nc4ccc(C)cn4c3C2)CC1. The first-order valence-electron chi connectivity index (χ1n) is 10.2. The summed E-state index contributed by atoms with van der Waals surface area (Å²) in [6.07, 6.45) is 5.81. The molecule has 1 fully saturated rings. The van der Waals surface area contributed by atoms with E-state index in [-0.39, 0.29) is 24.0 Å². The number of hydrogen-bond donors (Lipinski definition) is 1. The van der Waals surface area contributed by atoms with Crippen LogP contribution in [0.3, 0.4) is 0 Å². The molecule has 1 N–H and O–H groups in total. The van der Waals surface area contributed by atoms with Gasteiger partial charge in [-0.1, -0.05) is 6.07 Å². The van der Waals surface area contributed by atoms with Crippen molar-refractivity contribution >= 4 is 17.6 Å². The van der Waals surface area contributed by atoms with Gasteiger partial charge < -0.3 is 19.4 Å². The topological polar surface area (TPSA) is 75.9 Å². The number of aromatic nitrogens is 2. The lowest BCUT2D eigenvalue weighted by atomic mass is 9.88. The smallest absolute Gasteiger partial charge is 0.409 e. The number of ether oxygens (including phenoxy) is 1. The summed E-state index contributed by atoms with van der Waals surface area (Å²) in [7, 11) is 0. The van der Waals surface area contributed by atoms with E-state index < -0.39 is 0 Å². The summed E-state index contributed by atoms with van der Waals surface area (Å²) in [5.41, 5.74) is 4.44. The second-order valence-corrected chi connectivity index (χ2v) is 7.85. The number of rotatable bonds is 3. The van der Waals surface area contributed by atoms with Gasteiger partial charge in [0, 0.05) is 43.4 Å². The summed E-state index contributed by atoms with van der Waals surface area (Å²) in [4.78, 5) is 31.1. The van der Waals surface area contributed by atoms with Crippen LogP contribution >= 0.6 is 0 Å². The third kappa shape index (κ3) is 3.70. The van der Waals surface area contributed by atoms with Crippen molar-refractivity contribution in [3.05, 3.63) is 35.3 Å². The highest BCUT2D eigenvalue weighted by molar-refractivity contribution is 5.79. The highest BCUT2D eigenvalue weighted by Crippen LogP contribution is 2.27. The minimum atomic E-state index is -0.255. The van der Waals surface area contributed by atoms with Crippen LogP contribution in [0.25, 0.3) is 5.65 Å². The largest absolute Gasteiger partial charge is 0.450 e. The zero-order valence-corrected chi connectivity index (χ0v) is 16.6. The number of pyridine rings is 1. The van der Waals surface area contributed by atoms with E-state index in [1.807, 2.05) is 13.0 Å². The van der Waals surface area contributed by atoms with Crippen molar-refractivity contribution in [2.45, 2.75) is 52.0 Å². The fourth-order valence-electron chi connectivity index (χ4n) is 4.28. The zero-order chi connectivity index (χ0) is 19.7. The first kappa shape index (κ1) is 18.8. The molecule has 4 rings (SSSR count). The van der Waals surface area contributed by atoms with E-state index in [4.69, 9.17) is 9.72 Å². The zero-order valence-electron chi connectivity index (χ0n) is 16.6. The maximum absolute atomic E-state index is 12.9. The van der Waals surface area contributed by atoms with Crippen LogP contribution in [0.4, 0.5) is 4.79 Å². The van der Waals surface area contributed by atoms with Crippen LogP contribution < -0.4 is 5.32 Å². The van der Waals surface area contributed by atoms with Crippen LogP contribution in [0.5, 0.6) is 0 Å². The molecule has 3 heterocycles. The summed E-state index contributed by atoms with van der Waals surface area (Å²) in [5.74, 6) is 0.110. The number of imidazole rings is 1. The maximum Gasteiger partial charge on any atom is 0.409 e. The molecule has 7 nitrogen and oxygen atoms in total. The van der Waals surface area contributed by atoms with Crippen LogP contribution in [0.15, 0.2) is 18.3 Å². The number of fused-ring (bicyclic) bond motifs is 3. The van der Waals surface area contributed by atoms with Crippen LogP contribution in [0.2, 0.25) is 0 Å². The third-order valence-electron chi connectivity index (χ3n) is 5.86. The second-order valence-electron chi connectivity index (χ2n) is 7.85. The monoisotopic (exact) mass is 384 g/mol.